The average Bonchev–Trinajstić information content (AvgIpc) is 3.95. The van der Waals surface area contributed by atoms with Gasteiger partial charge in [0.05, 0.1) is 33.5 Å². The molecule has 0 radical (unpaired) electrons. The van der Waals surface area contributed by atoms with Crippen LogP contribution in [0.25, 0.3) is 71.6 Å². The molecule has 3 nitrogen and oxygen atoms in total. The van der Waals surface area contributed by atoms with E-state index >= 15 is 0 Å². The maximum atomic E-state index is 6.41. The van der Waals surface area contributed by atoms with E-state index in [1.54, 1.807) is 0 Å². The molecule has 1 aliphatic heterocycles. The number of nitrogens with zero attached hydrogens (tertiary/aromatic N) is 2. The molecule has 2 heterocycles. The molecule has 3 aliphatic rings. The van der Waals surface area contributed by atoms with Crippen LogP contribution in [-0.2, 0) is 5.41 Å². The highest BCUT2D eigenvalue weighted by Gasteiger charge is 2.52. The number of para-hydroxylation sites is 3. The molecule has 1 spiro atoms. The fourth-order valence-electron chi connectivity index (χ4n) is 11.3. The highest BCUT2D eigenvalue weighted by atomic mass is 16.5. The van der Waals surface area contributed by atoms with Crippen LogP contribution < -0.4 is 9.64 Å². The van der Waals surface area contributed by atoms with Crippen LogP contribution in [0.15, 0.2) is 218 Å². The number of hydrogen-bond acceptors (Lipinski definition) is 2. The summed E-state index contributed by atoms with van der Waals surface area (Å²) in [6, 6.07) is 80.4. The Kier molecular flexibility index (Phi) is 6.76. The van der Waals surface area contributed by atoms with Crippen LogP contribution in [0, 0.1) is 0 Å². The summed E-state index contributed by atoms with van der Waals surface area (Å²) in [5, 5.41) is 4.83. The first-order valence-electron chi connectivity index (χ1n) is 21.4. The van der Waals surface area contributed by atoms with Crippen molar-refractivity contribution in [2.24, 2.45) is 0 Å². The lowest BCUT2D eigenvalue weighted by atomic mass is 9.70. The lowest BCUT2D eigenvalue weighted by Gasteiger charge is -2.32. The highest BCUT2D eigenvalue weighted by Crippen LogP contribution is 2.64. The molecule has 0 fully saturated rings. The lowest BCUT2D eigenvalue weighted by molar-refractivity contribution is 0.476. The van der Waals surface area contributed by atoms with E-state index in [2.05, 4.69) is 222 Å². The van der Waals surface area contributed by atoms with Crippen LogP contribution in [0.1, 0.15) is 22.3 Å². The van der Waals surface area contributed by atoms with Crippen molar-refractivity contribution in [1.29, 1.82) is 0 Å². The predicted octanol–water partition coefficient (Wildman–Crippen LogP) is 15.5. The third kappa shape index (κ3) is 4.34. The Balaban J connectivity index is 0.980. The Morgan fingerprint density at radius 3 is 1.81 bits per heavy atom. The Bertz CT molecular complexity index is 3640. The van der Waals surface area contributed by atoms with Crippen molar-refractivity contribution < 1.29 is 4.74 Å². The quantitative estimate of drug-likeness (QED) is 0.177. The first kappa shape index (κ1) is 33.7. The second-order valence-electron chi connectivity index (χ2n) is 16.8. The second-order valence-corrected chi connectivity index (χ2v) is 16.8. The molecule has 0 saturated carbocycles. The zero-order valence-corrected chi connectivity index (χ0v) is 33.6. The summed E-state index contributed by atoms with van der Waals surface area (Å²) in [6.45, 7) is 0. The van der Waals surface area contributed by atoms with E-state index in [1.165, 1.54) is 77.1 Å². The van der Waals surface area contributed by atoms with Crippen LogP contribution in [0.3, 0.4) is 0 Å². The monoisotopic (exact) mass is 788 g/mol. The fourth-order valence-corrected chi connectivity index (χ4v) is 11.3. The van der Waals surface area contributed by atoms with Crippen molar-refractivity contribution in [2.75, 3.05) is 4.90 Å². The smallest absolute Gasteiger partial charge is 0.152 e. The van der Waals surface area contributed by atoms with Crippen molar-refractivity contribution in [3.8, 4) is 50.6 Å². The van der Waals surface area contributed by atoms with Crippen LogP contribution >= 0.6 is 0 Å². The van der Waals surface area contributed by atoms with E-state index in [-0.39, 0.29) is 0 Å². The predicted molar refractivity (Wildman–Crippen MR) is 255 cm³/mol. The maximum Gasteiger partial charge on any atom is 0.152 e. The Morgan fingerprint density at radius 1 is 0.403 bits per heavy atom. The van der Waals surface area contributed by atoms with Gasteiger partial charge >= 0.3 is 0 Å². The van der Waals surface area contributed by atoms with Gasteiger partial charge in [0.15, 0.2) is 11.5 Å². The number of anilines is 3. The minimum absolute atomic E-state index is 0.432. The zero-order valence-electron chi connectivity index (χ0n) is 33.6. The maximum absolute atomic E-state index is 6.41. The van der Waals surface area contributed by atoms with Crippen molar-refractivity contribution >= 4 is 49.6 Å². The Labute approximate surface area is 359 Å². The molecule has 0 unspecified atom stereocenters. The number of aromatic nitrogens is 1. The molecule has 2 aliphatic carbocycles. The first-order valence-corrected chi connectivity index (χ1v) is 21.4. The molecule has 0 N–H and O–H groups in total. The normalized spacial score (nSPS) is 13.4. The van der Waals surface area contributed by atoms with Crippen molar-refractivity contribution in [3.05, 3.63) is 241 Å². The van der Waals surface area contributed by atoms with Crippen LogP contribution in [-0.4, -0.2) is 4.57 Å². The Morgan fingerprint density at radius 2 is 0.984 bits per heavy atom. The molecule has 1 aromatic heterocycles. The van der Waals surface area contributed by atoms with Crippen molar-refractivity contribution in [3.63, 3.8) is 0 Å². The highest BCUT2D eigenvalue weighted by molar-refractivity contribution is 6.13. The van der Waals surface area contributed by atoms with E-state index in [9.17, 15) is 0 Å². The molecule has 11 aromatic rings. The fraction of sp³-hybridized carbons (Fsp3) is 0.0169. The number of benzene rings is 10. The van der Waals surface area contributed by atoms with Gasteiger partial charge in [-0.25, -0.2) is 0 Å². The molecule has 0 atom stereocenters. The number of fused-ring (bicyclic) bond motifs is 16. The summed E-state index contributed by atoms with van der Waals surface area (Å²) in [5.74, 6) is 1.76. The van der Waals surface area contributed by atoms with Crippen molar-refractivity contribution in [1.82, 2.24) is 4.57 Å². The SMILES string of the molecule is c1ccc2c(c1)Oc1cccc3c4ccc(-c5ccc(N(c6cccc7c6-c6ccccc6C76c7ccccc7-c7ccccc76)c6cccc7ccccc67)cc5)cc4n-2c13. The van der Waals surface area contributed by atoms with E-state index < -0.39 is 5.41 Å². The van der Waals surface area contributed by atoms with Gasteiger partial charge in [0.25, 0.3) is 0 Å². The minimum atomic E-state index is -0.432. The average molecular weight is 789 g/mol. The van der Waals surface area contributed by atoms with Crippen LogP contribution in [0.5, 0.6) is 11.5 Å². The standard InChI is InChI=1S/C59H36N2O/c1-2-16-41-38(14-1)15-11-26-51(41)60(53-27-13-24-50-57(53)46-19-5-8-23-49(46)59(50)47-21-6-3-17-42(47)43-18-4-7-22-48(43)59)40-33-30-37(31-34-40)39-32-35-44-45-20-12-29-56-58(45)61(54(44)36-39)52-25-9-10-28-55(52)62-56/h1-36H. The summed E-state index contributed by atoms with van der Waals surface area (Å²) in [6.07, 6.45) is 0. The largest absolute Gasteiger partial charge is 0.453 e. The molecule has 10 aromatic carbocycles. The lowest BCUT2D eigenvalue weighted by Crippen LogP contribution is -2.26. The molecular formula is C59H36N2O. The molecule has 288 valence electrons. The zero-order chi connectivity index (χ0) is 40.5. The summed E-state index contributed by atoms with van der Waals surface area (Å²) in [4.78, 5) is 2.50. The van der Waals surface area contributed by atoms with Crippen LogP contribution in [0.2, 0.25) is 0 Å². The van der Waals surface area contributed by atoms with Gasteiger partial charge < -0.3 is 14.2 Å². The molecule has 0 saturated heterocycles. The van der Waals surface area contributed by atoms with Gasteiger partial charge in [-0.2, -0.15) is 0 Å². The van der Waals surface area contributed by atoms with Gasteiger partial charge in [-0.15, -0.1) is 0 Å². The van der Waals surface area contributed by atoms with Gasteiger partial charge in [0.2, 0.25) is 0 Å². The van der Waals surface area contributed by atoms with Gasteiger partial charge in [-0.05, 0) is 104 Å². The molecule has 3 heteroatoms. The topological polar surface area (TPSA) is 17.4 Å². The summed E-state index contributed by atoms with van der Waals surface area (Å²) < 4.78 is 8.78. The van der Waals surface area contributed by atoms with E-state index in [1.807, 2.05) is 6.07 Å². The molecule has 0 amide bonds. The third-order valence-electron chi connectivity index (χ3n) is 13.8. The summed E-state index contributed by atoms with van der Waals surface area (Å²) >= 11 is 0. The van der Waals surface area contributed by atoms with Crippen LogP contribution in [0.4, 0.5) is 17.1 Å². The number of rotatable bonds is 4. The Hall–Kier alpha value is -8.14. The van der Waals surface area contributed by atoms with E-state index in [4.69, 9.17) is 4.74 Å². The van der Waals surface area contributed by atoms with Gasteiger partial charge in [0.1, 0.15) is 0 Å². The van der Waals surface area contributed by atoms with E-state index in [0.717, 1.165) is 45.3 Å². The first-order chi connectivity index (χ1) is 30.8. The van der Waals surface area contributed by atoms with E-state index in [0.29, 0.717) is 0 Å². The molecule has 14 rings (SSSR count). The molecular weight excluding hydrogens is 753 g/mol. The minimum Gasteiger partial charge on any atom is -0.453 e. The summed E-state index contributed by atoms with van der Waals surface area (Å²) in [7, 11) is 0. The van der Waals surface area contributed by atoms with Gasteiger partial charge in [0, 0.05) is 27.4 Å². The van der Waals surface area contributed by atoms with Gasteiger partial charge in [-0.1, -0.05) is 170 Å². The number of hydrogen-bond donors (Lipinski definition) is 0. The second kappa shape index (κ2) is 12.4. The van der Waals surface area contributed by atoms with Crippen molar-refractivity contribution in [2.45, 2.75) is 5.41 Å². The third-order valence-corrected chi connectivity index (χ3v) is 13.8. The number of ether oxygens (including phenoxy) is 1. The molecule has 0 bridgehead atoms. The van der Waals surface area contributed by atoms with Gasteiger partial charge in [-0.3, -0.25) is 0 Å². The molecule has 62 heavy (non-hydrogen) atoms. The summed E-state index contributed by atoms with van der Waals surface area (Å²) in [5.41, 5.74) is 19.2.